The first kappa shape index (κ1) is 16.3. The summed E-state index contributed by atoms with van der Waals surface area (Å²) in [7, 11) is 1.98. The van der Waals surface area contributed by atoms with E-state index in [0.29, 0.717) is 5.11 Å². The Balaban J connectivity index is 1.69. The molecule has 2 atom stereocenters. The van der Waals surface area contributed by atoms with Crippen molar-refractivity contribution < 1.29 is 4.42 Å². The molecule has 0 bridgehead atoms. The van der Waals surface area contributed by atoms with Gasteiger partial charge in [0.05, 0.1) is 11.7 Å². The van der Waals surface area contributed by atoms with E-state index in [1.807, 2.05) is 66.5 Å². The summed E-state index contributed by atoms with van der Waals surface area (Å²) in [6.45, 7) is 0. The average Bonchev–Trinajstić information content (AvgIpc) is 3.22. The minimum absolute atomic E-state index is 0.0356. The summed E-state index contributed by atoms with van der Waals surface area (Å²) < 4.78 is 7.22. The number of nitrogens with zero attached hydrogens (tertiary/aromatic N) is 2. The van der Waals surface area contributed by atoms with Crippen molar-refractivity contribution in [2.24, 2.45) is 0 Å². The molecule has 3 heterocycles. The molecule has 1 aromatic carbocycles. The van der Waals surface area contributed by atoms with Gasteiger partial charge in [-0.2, -0.15) is 0 Å². The van der Waals surface area contributed by atoms with Crippen molar-refractivity contribution in [1.82, 2.24) is 15.2 Å². The molecule has 0 saturated carbocycles. The topological polar surface area (TPSA) is 41.3 Å². The molecular weight excluding hydrogens is 398 g/mol. The van der Waals surface area contributed by atoms with Crippen LogP contribution in [0.15, 0.2) is 69.7 Å². The van der Waals surface area contributed by atoms with E-state index in [1.165, 1.54) is 0 Å². The molecule has 0 spiro atoms. The smallest absolute Gasteiger partial charge is 0.170 e. The molecule has 2 unspecified atom stereocenters. The fraction of sp³-hybridized carbons (Fsp3) is 0.158. The van der Waals surface area contributed by atoms with Gasteiger partial charge in [-0.3, -0.25) is 4.98 Å². The number of rotatable bonds is 3. The standard InChI is InChI=1S/C19H16BrN3OS/c1-23-18(17(22-19(23)25)14-4-2-3-11-21-14)16-10-9-15(24-16)12-5-7-13(20)8-6-12/h2-11,17-18H,1H3,(H,22,25). The molecule has 6 heteroatoms. The van der Waals surface area contributed by atoms with Gasteiger partial charge >= 0.3 is 0 Å². The molecule has 1 fully saturated rings. The van der Waals surface area contributed by atoms with Crippen molar-refractivity contribution in [3.8, 4) is 11.3 Å². The second-order valence-corrected chi connectivity index (χ2v) is 7.25. The highest BCUT2D eigenvalue weighted by atomic mass is 79.9. The highest BCUT2D eigenvalue weighted by Gasteiger charge is 2.39. The number of halogens is 1. The van der Waals surface area contributed by atoms with Crippen LogP contribution >= 0.6 is 28.1 Å². The zero-order valence-electron chi connectivity index (χ0n) is 13.5. The predicted molar refractivity (Wildman–Crippen MR) is 105 cm³/mol. The fourth-order valence-corrected chi connectivity index (χ4v) is 3.60. The van der Waals surface area contributed by atoms with Crippen molar-refractivity contribution >= 4 is 33.3 Å². The number of hydrogen-bond acceptors (Lipinski definition) is 3. The average molecular weight is 414 g/mol. The number of likely N-dealkylation sites (N-methyl/N-ethyl adjacent to an activating group) is 1. The van der Waals surface area contributed by atoms with Crippen LogP contribution in [0.25, 0.3) is 11.3 Å². The summed E-state index contributed by atoms with van der Waals surface area (Å²) in [4.78, 5) is 6.51. The predicted octanol–water partition coefficient (Wildman–Crippen LogP) is 4.71. The third kappa shape index (κ3) is 3.07. The second kappa shape index (κ2) is 6.61. The molecule has 0 radical (unpaired) electrons. The number of aromatic nitrogens is 1. The van der Waals surface area contributed by atoms with Crippen LogP contribution < -0.4 is 5.32 Å². The van der Waals surface area contributed by atoms with E-state index in [-0.39, 0.29) is 12.1 Å². The number of pyridine rings is 1. The Hall–Kier alpha value is -2.18. The van der Waals surface area contributed by atoms with Crippen LogP contribution in [-0.4, -0.2) is 22.0 Å². The Kier molecular flexibility index (Phi) is 4.31. The first-order valence-corrected chi connectivity index (χ1v) is 9.13. The maximum absolute atomic E-state index is 6.18. The zero-order valence-corrected chi connectivity index (χ0v) is 15.9. The van der Waals surface area contributed by atoms with Crippen LogP contribution in [-0.2, 0) is 0 Å². The van der Waals surface area contributed by atoms with Gasteiger partial charge in [-0.25, -0.2) is 0 Å². The van der Waals surface area contributed by atoms with E-state index in [2.05, 4.69) is 26.2 Å². The van der Waals surface area contributed by atoms with Crippen LogP contribution in [0, 0.1) is 0 Å². The summed E-state index contributed by atoms with van der Waals surface area (Å²) in [5, 5.41) is 4.05. The molecular formula is C19H16BrN3OS. The van der Waals surface area contributed by atoms with E-state index in [0.717, 1.165) is 27.3 Å². The first-order chi connectivity index (χ1) is 12.1. The third-order valence-corrected chi connectivity index (χ3v) is 5.32. The molecule has 1 saturated heterocycles. The summed E-state index contributed by atoms with van der Waals surface area (Å²) in [5.74, 6) is 1.71. The highest BCUT2D eigenvalue weighted by Crippen LogP contribution is 2.39. The van der Waals surface area contributed by atoms with E-state index in [9.17, 15) is 0 Å². The molecule has 4 rings (SSSR count). The first-order valence-electron chi connectivity index (χ1n) is 7.93. The van der Waals surface area contributed by atoms with Gasteiger partial charge in [-0.15, -0.1) is 0 Å². The van der Waals surface area contributed by atoms with Gasteiger partial charge in [0.25, 0.3) is 0 Å². The molecule has 0 aliphatic carbocycles. The Bertz CT molecular complexity index is 895. The lowest BCUT2D eigenvalue weighted by molar-refractivity contribution is 0.310. The molecule has 3 aromatic rings. The van der Waals surface area contributed by atoms with Crippen LogP contribution in [0.1, 0.15) is 23.5 Å². The summed E-state index contributed by atoms with van der Waals surface area (Å²) in [6, 6.07) is 17.9. The normalized spacial score (nSPS) is 19.9. The number of nitrogens with one attached hydrogen (secondary N) is 1. The highest BCUT2D eigenvalue weighted by molar-refractivity contribution is 9.10. The zero-order chi connectivity index (χ0) is 17.4. The molecule has 25 heavy (non-hydrogen) atoms. The molecule has 1 aliphatic rings. The second-order valence-electron chi connectivity index (χ2n) is 5.95. The van der Waals surface area contributed by atoms with Crippen molar-refractivity contribution in [2.45, 2.75) is 12.1 Å². The van der Waals surface area contributed by atoms with Crippen molar-refractivity contribution in [3.63, 3.8) is 0 Å². The monoisotopic (exact) mass is 413 g/mol. The largest absolute Gasteiger partial charge is 0.459 e. The van der Waals surface area contributed by atoms with Crippen LogP contribution in [0.2, 0.25) is 0 Å². The number of furan rings is 1. The van der Waals surface area contributed by atoms with Crippen LogP contribution in [0.5, 0.6) is 0 Å². The minimum atomic E-state index is -0.0392. The van der Waals surface area contributed by atoms with Gasteiger partial charge in [-0.05, 0) is 48.6 Å². The van der Waals surface area contributed by atoms with Gasteiger partial charge in [0.2, 0.25) is 0 Å². The lowest BCUT2D eigenvalue weighted by Crippen LogP contribution is -2.24. The van der Waals surface area contributed by atoms with E-state index in [1.54, 1.807) is 6.20 Å². The van der Waals surface area contributed by atoms with Crippen molar-refractivity contribution in [3.05, 3.63) is 76.7 Å². The molecule has 2 aromatic heterocycles. The Morgan fingerprint density at radius 2 is 1.92 bits per heavy atom. The van der Waals surface area contributed by atoms with Crippen molar-refractivity contribution in [1.29, 1.82) is 0 Å². The SMILES string of the molecule is CN1C(=S)NC(c2ccccn2)C1c1ccc(-c2ccc(Br)cc2)o1. The van der Waals surface area contributed by atoms with Gasteiger partial charge in [-0.1, -0.05) is 34.1 Å². The number of benzene rings is 1. The van der Waals surface area contributed by atoms with E-state index < -0.39 is 0 Å². The van der Waals surface area contributed by atoms with Gasteiger partial charge in [0.15, 0.2) is 5.11 Å². The maximum atomic E-state index is 6.18. The Morgan fingerprint density at radius 1 is 1.12 bits per heavy atom. The maximum Gasteiger partial charge on any atom is 0.170 e. The third-order valence-electron chi connectivity index (χ3n) is 4.39. The summed E-state index contributed by atoms with van der Waals surface area (Å²) >= 11 is 8.91. The molecule has 0 amide bonds. The fourth-order valence-electron chi connectivity index (χ4n) is 3.10. The van der Waals surface area contributed by atoms with Gasteiger partial charge in [0, 0.05) is 23.3 Å². The molecule has 1 N–H and O–H groups in total. The molecule has 4 nitrogen and oxygen atoms in total. The lowest BCUT2D eigenvalue weighted by Gasteiger charge is -2.21. The van der Waals surface area contributed by atoms with Gasteiger partial charge < -0.3 is 14.6 Å². The molecule has 126 valence electrons. The minimum Gasteiger partial charge on any atom is -0.459 e. The van der Waals surface area contributed by atoms with Crippen LogP contribution in [0.4, 0.5) is 0 Å². The van der Waals surface area contributed by atoms with Gasteiger partial charge in [0.1, 0.15) is 17.6 Å². The van der Waals surface area contributed by atoms with Crippen LogP contribution in [0.3, 0.4) is 0 Å². The summed E-state index contributed by atoms with van der Waals surface area (Å²) in [6.07, 6.45) is 1.80. The lowest BCUT2D eigenvalue weighted by atomic mass is 10.0. The Labute approximate surface area is 160 Å². The Morgan fingerprint density at radius 3 is 2.64 bits per heavy atom. The quantitative estimate of drug-likeness (QED) is 0.629. The van der Waals surface area contributed by atoms with Crippen molar-refractivity contribution in [2.75, 3.05) is 7.05 Å². The molecule has 1 aliphatic heterocycles. The van der Waals surface area contributed by atoms with E-state index in [4.69, 9.17) is 16.6 Å². The summed E-state index contributed by atoms with van der Waals surface area (Å²) in [5.41, 5.74) is 1.99. The number of thiocarbonyl (C=S) groups is 1. The van der Waals surface area contributed by atoms with E-state index >= 15 is 0 Å². The number of hydrogen-bond donors (Lipinski definition) is 1.